The number of anilines is 1. The van der Waals surface area contributed by atoms with Crippen LogP contribution in [0.15, 0.2) is 36.0 Å². The molecule has 1 aromatic rings. The van der Waals surface area contributed by atoms with Crippen LogP contribution in [0.25, 0.3) is 0 Å². The third kappa shape index (κ3) is 5.45. The van der Waals surface area contributed by atoms with Gasteiger partial charge in [-0.05, 0) is 24.3 Å². The van der Waals surface area contributed by atoms with E-state index < -0.39 is 30.2 Å². The summed E-state index contributed by atoms with van der Waals surface area (Å²) in [6, 6.07) is 4.30. The Morgan fingerprint density at radius 1 is 1.12 bits per heavy atom. The van der Waals surface area contributed by atoms with E-state index in [-0.39, 0.29) is 11.4 Å². The SMILES string of the molecule is COC(=O)/C=C(/Nc1ccc(OC(F)(F)C(F)F)cc1)C(=O)OC. The number of hydrogen-bond donors (Lipinski definition) is 1. The van der Waals surface area contributed by atoms with E-state index in [1.165, 1.54) is 12.1 Å². The molecule has 0 aliphatic carbocycles. The molecule has 1 aromatic carbocycles. The van der Waals surface area contributed by atoms with Crippen LogP contribution in [-0.4, -0.2) is 38.7 Å². The predicted molar refractivity (Wildman–Crippen MR) is 73.8 cm³/mol. The molecule has 10 heteroatoms. The fourth-order valence-electron chi connectivity index (χ4n) is 1.40. The van der Waals surface area contributed by atoms with Crippen LogP contribution in [0.2, 0.25) is 0 Å². The first-order valence-electron chi connectivity index (χ1n) is 6.29. The van der Waals surface area contributed by atoms with Gasteiger partial charge in [0.1, 0.15) is 11.4 Å². The number of alkyl halides is 4. The lowest BCUT2D eigenvalue weighted by molar-refractivity contribution is -0.253. The summed E-state index contributed by atoms with van der Waals surface area (Å²) in [5.74, 6) is -2.23. The highest BCUT2D eigenvalue weighted by atomic mass is 19.3. The monoisotopic (exact) mass is 351 g/mol. The standard InChI is InChI=1S/C14H13F4NO5/c1-22-11(20)7-10(12(21)23-2)19-8-3-5-9(6-4-8)24-14(17,18)13(15)16/h3-7,13,19H,1-2H3/b10-7+. The smallest absolute Gasteiger partial charge is 0.461 e. The summed E-state index contributed by atoms with van der Waals surface area (Å²) in [7, 11) is 2.18. The van der Waals surface area contributed by atoms with Crippen molar-refractivity contribution in [1.82, 2.24) is 0 Å². The molecule has 1 rings (SSSR count). The molecule has 24 heavy (non-hydrogen) atoms. The number of esters is 2. The highest BCUT2D eigenvalue weighted by Crippen LogP contribution is 2.28. The van der Waals surface area contributed by atoms with Crippen LogP contribution in [0.5, 0.6) is 5.75 Å². The van der Waals surface area contributed by atoms with Gasteiger partial charge in [0, 0.05) is 5.69 Å². The number of carbonyl (C=O) groups is 2. The largest absolute Gasteiger partial charge is 0.466 e. The second-order valence-electron chi connectivity index (χ2n) is 4.19. The Hall–Kier alpha value is -2.78. The molecule has 0 radical (unpaired) electrons. The van der Waals surface area contributed by atoms with E-state index in [0.717, 1.165) is 32.4 Å². The number of ether oxygens (including phenoxy) is 3. The summed E-state index contributed by atoms with van der Waals surface area (Å²) in [5, 5.41) is 2.50. The molecule has 6 nitrogen and oxygen atoms in total. The van der Waals surface area contributed by atoms with Crippen molar-refractivity contribution in [2.75, 3.05) is 19.5 Å². The second kappa shape index (κ2) is 8.18. The van der Waals surface area contributed by atoms with Gasteiger partial charge in [-0.1, -0.05) is 0 Å². The number of hydrogen-bond acceptors (Lipinski definition) is 6. The van der Waals surface area contributed by atoms with E-state index in [0.29, 0.717) is 0 Å². The molecule has 0 saturated heterocycles. The van der Waals surface area contributed by atoms with Crippen molar-refractivity contribution in [2.24, 2.45) is 0 Å². The van der Waals surface area contributed by atoms with Crippen molar-refractivity contribution in [1.29, 1.82) is 0 Å². The summed E-state index contributed by atoms with van der Waals surface area (Å²) >= 11 is 0. The molecule has 0 heterocycles. The van der Waals surface area contributed by atoms with Gasteiger partial charge < -0.3 is 19.5 Å². The van der Waals surface area contributed by atoms with Crippen LogP contribution in [0, 0.1) is 0 Å². The number of carbonyl (C=O) groups excluding carboxylic acids is 2. The Morgan fingerprint density at radius 2 is 1.71 bits per heavy atom. The molecule has 1 N–H and O–H groups in total. The molecule has 132 valence electrons. The predicted octanol–water partition coefficient (Wildman–Crippen LogP) is 2.57. The number of halogens is 4. The zero-order chi connectivity index (χ0) is 18.3. The first kappa shape index (κ1) is 19.3. The van der Waals surface area contributed by atoms with Gasteiger partial charge in [0.25, 0.3) is 0 Å². The summed E-state index contributed by atoms with van der Waals surface area (Å²) in [6.45, 7) is 0. The van der Waals surface area contributed by atoms with Crippen molar-refractivity contribution < 1.29 is 41.4 Å². The molecule has 0 saturated carbocycles. The van der Waals surface area contributed by atoms with Crippen LogP contribution in [0.3, 0.4) is 0 Å². The lowest BCUT2D eigenvalue weighted by atomic mass is 10.2. The van der Waals surface area contributed by atoms with Crippen molar-refractivity contribution in [3.63, 3.8) is 0 Å². The molecule has 0 aliphatic heterocycles. The van der Waals surface area contributed by atoms with E-state index in [9.17, 15) is 27.2 Å². The van der Waals surface area contributed by atoms with Gasteiger partial charge in [0.2, 0.25) is 0 Å². The van der Waals surface area contributed by atoms with Crippen LogP contribution in [0.4, 0.5) is 23.2 Å². The zero-order valence-corrected chi connectivity index (χ0v) is 12.5. The van der Waals surface area contributed by atoms with E-state index in [2.05, 4.69) is 19.5 Å². The Balaban J connectivity index is 2.90. The minimum Gasteiger partial charge on any atom is -0.466 e. The fourth-order valence-corrected chi connectivity index (χ4v) is 1.40. The van der Waals surface area contributed by atoms with Gasteiger partial charge in [0.05, 0.1) is 20.3 Å². The average molecular weight is 351 g/mol. The molecule has 0 aliphatic rings. The minimum absolute atomic E-state index is 0.184. The van der Waals surface area contributed by atoms with Crippen molar-refractivity contribution in [2.45, 2.75) is 12.5 Å². The van der Waals surface area contributed by atoms with Gasteiger partial charge in [-0.15, -0.1) is 0 Å². The van der Waals surface area contributed by atoms with Crippen LogP contribution in [-0.2, 0) is 19.1 Å². The van der Waals surface area contributed by atoms with Gasteiger partial charge in [0.15, 0.2) is 0 Å². The summed E-state index contributed by atoms with van der Waals surface area (Å²) in [5.41, 5.74) is -0.0980. The number of benzene rings is 1. The van der Waals surface area contributed by atoms with Gasteiger partial charge in [-0.3, -0.25) is 0 Å². The van der Waals surface area contributed by atoms with E-state index in [4.69, 9.17) is 0 Å². The molecule has 0 unspecified atom stereocenters. The number of nitrogens with one attached hydrogen (secondary N) is 1. The first-order chi connectivity index (χ1) is 11.2. The molecule has 0 bridgehead atoms. The normalized spacial score (nSPS) is 11.9. The van der Waals surface area contributed by atoms with Gasteiger partial charge in [-0.25, -0.2) is 9.59 Å². The summed E-state index contributed by atoms with van der Waals surface area (Å²) in [6.07, 6.45) is -7.79. The topological polar surface area (TPSA) is 73.9 Å². The number of methoxy groups -OCH3 is 2. The first-order valence-corrected chi connectivity index (χ1v) is 6.29. The molecule has 0 amide bonds. The molecule has 0 fully saturated rings. The molecular formula is C14H13F4NO5. The maximum atomic E-state index is 12.8. The molecular weight excluding hydrogens is 338 g/mol. The maximum Gasteiger partial charge on any atom is 0.461 e. The zero-order valence-electron chi connectivity index (χ0n) is 12.5. The Labute approximate surface area is 134 Å². The maximum absolute atomic E-state index is 12.8. The lowest BCUT2D eigenvalue weighted by Gasteiger charge is -2.17. The third-order valence-electron chi connectivity index (χ3n) is 2.51. The summed E-state index contributed by atoms with van der Waals surface area (Å²) in [4.78, 5) is 22.7. The van der Waals surface area contributed by atoms with Crippen LogP contribution in [0.1, 0.15) is 0 Å². The van der Waals surface area contributed by atoms with Crippen molar-refractivity contribution in [3.05, 3.63) is 36.0 Å². The number of rotatable bonds is 7. The molecule has 0 spiro atoms. The second-order valence-corrected chi connectivity index (χ2v) is 4.19. The van der Waals surface area contributed by atoms with Crippen LogP contribution < -0.4 is 10.1 Å². The fraction of sp³-hybridized carbons (Fsp3) is 0.286. The van der Waals surface area contributed by atoms with E-state index in [1.807, 2.05) is 0 Å². The van der Waals surface area contributed by atoms with E-state index >= 15 is 0 Å². The van der Waals surface area contributed by atoms with Gasteiger partial charge in [-0.2, -0.15) is 17.6 Å². The average Bonchev–Trinajstić information content (AvgIpc) is 2.54. The lowest BCUT2D eigenvalue weighted by Crippen LogP contribution is -2.33. The van der Waals surface area contributed by atoms with Crippen molar-refractivity contribution in [3.8, 4) is 5.75 Å². The highest BCUT2D eigenvalue weighted by molar-refractivity contribution is 5.98. The highest BCUT2D eigenvalue weighted by Gasteiger charge is 2.43. The Morgan fingerprint density at radius 3 is 2.17 bits per heavy atom. The minimum atomic E-state index is -4.63. The van der Waals surface area contributed by atoms with Gasteiger partial charge >= 0.3 is 24.5 Å². The van der Waals surface area contributed by atoms with E-state index in [1.54, 1.807) is 0 Å². The Bertz CT molecular complexity index is 616. The Kier molecular flexibility index (Phi) is 6.57. The van der Waals surface area contributed by atoms with Crippen LogP contribution >= 0.6 is 0 Å². The van der Waals surface area contributed by atoms with Crippen molar-refractivity contribution >= 4 is 17.6 Å². The molecule has 0 aromatic heterocycles. The quantitative estimate of drug-likeness (QED) is 0.462. The third-order valence-corrected chi connectivity index (χ3v) is 2.51. The summed E-state index contributed by atoms with van der Waals surface area (Å²) < 4.78 is 62.3. The molecule has 0 atom stereocenters.